The minimum absolute atomic E-state index is 0.479. The summed E-state index contributed by atoms with van der Waals surface area (Å²) in [6.45, 7) is 0.992. The molecule has 1 heterocycles. The maximum atomic E-state index is 8.88. The molecule has 2 aromatic rings. The molecule has 0 aliphatic heterocycles. The van der Waals surface area contributed by atoms with Gasteiger partial charge in [-0.15, -0.1) is 10.2 Å². The van der Waals surface area contributed by atoms with Gasteiger partial charge in [0, 0.05) is 18.0 Å². The maximum absolute atomic E-state index is 8.88. The second-order valence-corrected chi connectivity index (χ2v) is 5.03. The minimum Gasteiger partial charge on any atom is -0.421 e. The van der Waals surface area contributed by atoms with Crippen LogP contribution in [-0.4, -0.2) is 22.8 Å². The van der Waals surface area contributed by atoms with Crippen molar-refractivity contribution in [3.8, 4) is 17.5 Å². The average molecular weight is 268 g/mol. The van der Waals surface area contributed by atoms with Crippen LogP contribution in [0.2, 0.25) is 0 Å². The lowest BCUT2D eigenvalue weighted by Crippen LogP contribution is -2.17. The summed E-state index contributed by atoms with van der Waals surface area (Å²) in [4.78, 5) is 0. The molecular formula is C15H16N4O. The molecule has 5 nitrogen and oxygen atoms in total. The van der Waals surface area contributed by atoms with E-state index in [-0.39, 0.29) is 0 Å². The zero-order chi connectivity index (χ0) is 13.8. The summed E-state index contributed by atoms with van der Waals surface area (Å²) in [5.41, 5.74) is 1.38. The lowest BCUT2D eigenvalue weighted by atomic mass is 10.1. The summed E-state index contributed by atoms with van der Waals surface area (Å²) in [5.74, 6) is 1.13. The van der Waals surface area contributed by atoms with Gasteiger partial charge in [-0.3, -0.25) is 0 Å². The third kappa shape index (κ3) is 3.22. The summed E-state index contributed by atoms with van der Waals surface area (Å²) in [7, 11) is 0. The van der Waals surface area contributed by atoms with Crippen molar-refractivity contribution in [2.75, 3.05) is 6.54 Å². The Morgan fingerprint density at radius 3 is 3.05 bits per heavy atom. The van der Waals surface area contributed by atoms with Crippen LogP contribution in [0.3, 0.4) is 0 Å². The fourth-order valence-electron chi connectivity index (χ4n) is 2.03. The van der Waals surface area contributed by atoms with E-state index in [4.69, 9.17) is 9.68 Å². The monoisotopic (exact) mass is 268 g/mol. The lowest BCUT2D eigenvalue weighted by Gasteiger charge is -1.99. The van der Waals surface area contributed by atoms with Gasteiger partial charge >= 0.3 is 0 Å². The van der Waals surface area contributed by atoms with Gasteiger partial charge in [0.2, 0.25) is 11.8 Å². The van der Waals surface area contributed by atoms with Crippen molar-refractivity contribution in [2.24, 2.45) is 0 Å². The first kappa shape index (κ1) is 12.8. The normalized spacial score (nSPS) is 14.2. The molecule has 1 saturated carbocycles. The van der Waals surface area contributed by atoms with Crippen LogP contribution >= 0.6 is 0 Å². The summed E-state index contributed by atoms with van der Waals surface area (Å²) in [6.07, 6.45) is 4.39. The number of nitriles is 1. The Labute approximate surface area is 117 Å². The molecule has 0 saturated heterocycles. The van der Waals surface area contributed by atoms with E-state index < -0.39 is 0 Å². The van der Waals surface area contributed by atoms with Gasteiger partial charge in [-0.1, -0.05) is 6.07 Å². The first-order valence-electron chi connectivity index (χ1n) is 6.91. The van der Waals surface area contributed by atoms with E-state index >= 15 is 0 Å². The minimum atomic E-state index is 0.479. The molecule has 102 valence electrons. The van der Waals surface area contributed by atoms with Crippen LogP contribution in [-0.2, 0) is 6.42 Å². The Morgan fingerprint density at radius 1 is 1.35 bits per heavy atom. The highest BCUT2D eigenvalue weighted by Gasteiger charge is 2.19. The van der Waals surface area contributed by atoms with Gasteiger partial charge in [0.25, 0.3) is 0 Å². The van der Waals surface area contributed by atoms with Gasteiger partial charge in [0.15, 0.2) is 0 Å². The summed E-state index contributed by atoms with van der Waals surface area (Å²) in [6, 6.07) is 10.0. The van der Waals surface area contributed by atoms with Crippen molar-refractivity contribution in [2.45, 2.75) is 31.7 Å². The number of benzene rings is 1. The van der Waals surface area contributed by atoms with Gasteiger partial charge in [0.1, 0.15) is 0 Å². The number of hydrogen-bond acceptors (Lipinski definition) is 5. The lowest BCUT2D eigenvalue weighted by molar-refractivity contribution is 0.491. The highest BCUT2D eigenvalue weighted by molar-refractivity contribution is 5.55. The molecule has 0 unspecified atom stereocenters. The predicted octanol–water partition coefficient (Wildman–Crippen LogP) is 2.29. The molecule has 1 aromatic carbocycles. The Balaban J connectivity index is 1.59. The Bertz CT molecular complexity index is 625. The van der Waals surface area contributed by atoms with Crippen LogP contribution in [0.4, 0.5) is 0 Å². The van der Waals surface area contributed by atoms with Gasteiger partial charge in [0.05, 0.1) is 11.6 Å². The van der Waals surface area contributed by atoms with Gasteiger partial charge in [-0.05, 0) is 44.0 Å². The number of hydrogen-bond donors (Lipinski definition) is 1. The second-order valence-electron chi connectivity index (χ2n) is 5.03. The molecule has 0 bridgehead atoms. The van der Waals surface area contributed by atoms with E-state index in [0.29, 0.717) is 17.3 Å². The summed E-state index contributed by atoms with van der Waals surface area (Å²) >= 11 is 0. The number of rotatable bonds is 6. The Hall–Kier alpha value is -2.19. The first-order valence-corrected chi connectivity index (χ1v) is 6.91. The average Bonchev–Trinajstić information content (AvgIpc) is 3.20. The molecule has 1 N–H and O–H groups in total. The van der Waals surface area contributed by atoms with Crippen LogP contribution in [0, 0.1) is 11.3 Å². The largest absolute Gasteiger partial charge is 0.421 e. The van der Waals surface area contributed by atoms with Crippen LogP contribution in [0.5, 0.6) is 0 Å². The van der Waals surface area contributed by atoms with E-state index in [9.17, 15) is 0 Å². The summed E-state index contributed by atoms with van der Waals surface area (Å²) < 4.78 is 5.63. The third-order valence-corrected chi connectivity index (χ3v) is 3.28. The molecule has 1 aliphatic rings. The second kappa shape index (κ2) is 5.85. The molecule has 3 rings (SSSR count). The quantitative estimate of drug-likeness (QED) is 0.813. The first-order chi connectivity index (χ1) is 9.85. The van der Waals surface area contributed by atoms with Gasteiger partial charge < -0.3 is 9.73 Å². The van der Waals surface area contributed by atoms with E-state index in [1.54, 1.807) is 12.1 Å². The maximum Gasteiger partial charge on any atom is 0.247 e. The van der Waals surface area contributed by atoms with Crippen LogP contribution in [0.1, 0.15) is 30.7 Å². The van der Waals surface area contributed by atoms with Crippen molar-refractivity contribution in [1.82, 2.24) is 15.5 Å². The molecule has 0 atom stereocenters. The zero-order valence-electron chi connectivity index (χ0n) is 11.2. The van der Waals surface area contributed by atoms with E-state index in [1.807, 2.05) is 12.1 Å². The smallest absolute Gasteiger partial charge is 0.247 e. The molecule has 5 heteroatoms. The third-order valence-electron chi connectivity index (χ3n) is 3.28. The summed E-state index contributed by atoms with van der Waals surface area (Å²) in [5, 5.41) is 20.4. The van der Waals surface area contributed by atoms with E-state index in [0.717, 1.165) is 31.0 Å². The Morgan fingerprint density at radius 2 is 2.25 bits per heavy atom. The van der Waals surface area contributed by atoms with Crippen molar-refractivity contribution in [3.05, 3.63) is 35.7 Å². The molecule has 1 fully saturated rings. The standard InChI is InChI=1S/C15H16N4O/c16-10-11-3-1-4-12(9-11)15-19-18-14(20-15)5-2-8-17-13-6-7-13/h1,3-4,9,13,17H,2,5-8H2. The van der Waals surface area contributed by atoms with Crippen molar-refractivity contribution >= 4 is 0 Å². The van der Waals surface area contributed by atoms with Gasteiger partial charge in [-0.25, -0.2) is 0 Å². The molecule has 0 spiro atoms. The van der Waals surface area contributed by atoms with E-state index in [2.05, 4.69) is 21.6 Å². The van der Waals surface area contributed by atoms with Crippen LogP contribution < -0.4 is 5.32 Å². The number of aromatic nitrogens is 2. The number of nitrogens with one attached hydrogen (secondary N) is 1. The topological polar surface area (TPSA) is 74.7 Å². The number of nitrogens with zero attached hydrogens (tertiary/aromatic N) is 3. The fraction of sp³-hybridized carbons (Fsp3) is 0.400. The molecule has 1 aromatic heterocycles. The Kier molecular flexibility index (Phi) is 3.75. The van der Waals surface area contributed by atoms with Crippen molar-refractivity contribution in [3.63, 3.8) is 0 Å². The van der Waals surface area contributed by atoms with Crippen molar-refractivity contribution in [1.29, 1.82) is 5.26 Å². The molecule has 20 heavy (non-hydrogen) atoms. The van der Waals surface area contributed by atoms with Crippen LogP contribution in [0.15, 0.2) is 28.7 Å². The molecule has 0 amide bonds. The molecular weight excluding hydrogens is 252 g/mol. The predicted molar refractivity (Wildman–Crippen MR) is 73.8 cm³/mol. The van der Waals surface area contributed by atoms with E-state index in [1.165, 1.54) is 12.8 Å². The SMILES string of the molecule is N#Cc1cccc(-c2nnc(CCCNC3CC3)o2)c1. The fourth-order valence-corrected chi connectivity index (χ4v) is 2.03. The van der Waals surface area contributed by atoms with Gasteiger partial charge in [-0.2, -0.15) is 5.26 Å². The highest BCUT2D eigenvalue weighted by Crippen LogP contribution is 2.20. The molecule has 0 radical (unpaired) electrons. The van der Waals surface area contributed by atoms with Crippen LogP contribution in [0.25, 0.3) is 11.5 Å². The number of aryl methyl sites for hydroxylation is 1. The highest BCUT2D eigenvalue weighted by atomic mass is 16.4. The molecule has 1 aliphatic carbocycles. The zero-order valence-corrected chi connectivity index (χ0v) is 11.2. The van der Waals surface area contributed by atoms with Crippen molar-refractivity contribution < 1.29 is 4.42 Å².